The van der Waals surface area contributed by atoms with Gasteiger partial charge in [-0.05, 0) is 32.1 Å². The summed E-state index contributed by atoms with van der Waals surface area (Å²) in [6.07, 6.45) is 2.15. The minimum atomic E-state index is -1.15. The third-order valence-corrected chi connectivity index (χ3v) is 5.94. The van der Waals surface area contributed by atoms with Crippen molar-refractivity contribution < 1.29 is 22.8 Å². The average Bonchev–Trinajstić information content (AvgIpc) is 3.48. The van der Waals surface area contributed by atoms with Gasteiger partial charge in [0, 0.05) is 48.6 Å². The van der Waals surface area contributed by atoms with Crippen LogP contribution in [0.1, 0.15) is 46.7 Å². The number of hydrogen-bond donors (Lipinski definition) is 3. The number of carbonyl (C=O) groups excluding carboxylic acids is 2. The summed E-state index contributed by atoms with van der Waals surface area (Å²) >= 11 is 0. The van der Waals surface area contributed by atoms with Gasteiger partial charge in [-0.25, -0.2) is 13.2 Å². The lowest BCUT2D eigenvalue weighted by molar-refractivity contribution is 0.0920. The molecular weight excluding hydrogens is 413 g/mol. The molecule has 4 unspecified atom stereocenters. The largest absolute Gasteiger partial charge is 0.348 e. The summed E-state index contributed by atoms with van der Waals surface area (Å²) in [5.74, 6) is -4.03. The molecule has 3 N–H and O–H groups in total. The zero-order valence-corrected chi connectivity index (χ0v) is 16.8. The molecule has 0 bridgehead atoms. The van der Waals surface area contributed by atoms with Crippen LogP contribution in [-0.4, -0.2) is 28.6 Å². The Morgan fingerprint density at radius 3 is 2.42 bits per heavy atom. The van der Waals surface area contributed by atoms with Crippen molar-refractivity contribution in [2.75, 3.05) is 5.43 Å². The molecule has 4 atom stereocenters. The Hall–Kier alpha value is -3.30. The third-order valence-electron chi connectivity index (χ3n) is 5.94. The van der Waals surface area contributed by atoms with Gasteiger partial charge >= 0.3 is 0 Å². The lowest BCUT2D eigenvalue weighted by Crippen LogP contribution is -2.38. The van der Waals surface area contributed by atoms with Crippen LogP contribution in [0.3, 0.4) is 0 Å². The quantitative estimate of drug-likeness (QED) is 0.688. The van der Waals surface area contributed by atoms with Crippen LogP contribution in [0.15, 0.2) is 29.2 Å². The van der Waals surface area contributed by atoms with E-state index in [0.29, 0.717) is 24.0 Å². The van der Waals surface area contributed by atoms with Crippen molar-refractivity contribution in [1.82, 2.24) is 15.3 Å². The molecule has 0 spiro atoms. The van der Waals surface area contributed by atoms with E-state index in [4.69, 9.17) is 0 Å². The summed E-state index contributed by atoms with van der Waals surface area (Å²) in [4.78, 5) is 37.7. The Morgan fingerprint density at radius 2 is 1.74 bits per heavy atom. The molecule has 1 aliphatic carbocycles. The van der Waals surface area contributed by atoms with Crippen LogP contribution in [0.5, 0.6) is 0 Å². The van der Waals surface area contributed by atoms with Crippen LogP contribution in [0.25, 0.3) is 0 Å². The number of aromatic nitrogens is 1. The van der Waals surface area contributed by atoms with Gasteiger partial charge in [0.2, 0.25) is 0 Å². The van der Waals surface area contributed by atoms with E-state index in [1.165, 1.54) is 10.9 Å². The molecule has 2 aromatic rings. The second kappa shape index (κ2) is 7.75. The van der Waals surface area contributed by atoms with Crippen LogP contribution in [-0.2, 0) is 6.54 Å². The van der Waals surface area contributed by atoms with Gasteiger partial charge in [0.15, 0.2) is 5.43 Å². The maximum Gasteiger partial charge on any atom is 0.270 e. The van der Waals surface area contributed by atoms with Gasteiger partial charge in [-0.2, -0.15) is 0 Å². The first kappa shape index (κ1) is 21.0. The molecule has 2 amide bonds. The van der Waals surface area contributed by atoms with Crippen LogP contribution < -0.4 is 21.5 Å². The second-order valence-electron chi connectivity index (χ2n) is 8.08. The minimum absolute atomic E-state index is 0.0141. The Balaban J connectivity index is 1.60. The van der Waals surface area contributed by atoms with Gasteiger partial charge in [-0.3, -0.25) is 19.1 Å². The fourth-order valence-electron chi connectivity index (χ4n) is 4.08. The monoisotopic (exact) mass is 434 g/mol. The summed E-state index contributed by atoms with van der Waals surface area (Å²) in [7, 11) is 0. The van der Waals surface area contributed by atoms with Gasteiger partial charge in [-0.1, -0.05) is 0 Å². The van der Waals surface area contributed by atoms with Crippen molar-refractivity contribution in [3.05, 3.63) is 68.9 Å². The molecule has 0 saturated heterocycles. The first-order valence-corrected chi connectivity index (χ1v) is 9.91. The van der Waals surface area contributed by atoms with Gasteiger partial charge in [0.25, 0.3) is 11.8 Å². The molecule has 7 nitrogen and oxygen atoms in total. The highest BCUT2D eigenvalue weighted by Crippen LogP contribution is 2.44. The normalized spacial score (nSPS) is 24.5. The van der Waals surface area contributed by atoms with Gasteiger partial charge in [-0.15, -0.1) is 0 Å². The highest BCUT2D eigenvalue weighted by atomic mass is 19.1. The van der Waals surface area contributed by atoms with Gasteiger partial charge in [0.05, 0.1) is 0 Å². The number of fused-ring (bicyclic) bond motifs is 2. The SMILES string of the molecule is CC1NC(=O)c2cc(=O)c(C(=O)NCc3c(F)cc(F)cc3F)cn2NC(C)C2CC12. The highest BCUT2D eigenvalue weighted by molar-refractivity contribution is 5.96. The van der Waals surface area contributed by atoms with Crippen molar-refractivity contribution in [2.45, 2.75) is 38.9 Å². The maximum absolute atomic E-state index is 13.8. The fraction of sp³-hybridized carbons (Fsp3) is 0.381. The number of benzene rings is 1. The van der Waals surface area contributed by atoms with Crippen molar-refractivity contribution in [3.8, 4) is 0 Å². The van der Waals surface area contributed by atoms with E-state index in [1.54, 1.807) is 0 Å². The van der Waals surface area contributed by atoms with Crippen molar-refractivity contribution in [1.29, 1.82) is 0 Å². The number of rotatable bonds is 3. The maximum atomic E-state index is 13.8. The summed E-state index contributed by atoms with van der Waals surface area (Å²) in [5, 5.41) is 5.14. The molecule has 31 heavy (non-hydrogen) atoms. The summed E-state index contributed by atoms with van der Waals surface area (Å²) in [6, 6.07) is 1.99. The number of carbonyl (C=O) groups is 2. The zero-order chi connectivity index (χ0) is 22.4. The first-order valence-electron chi connectivity index (χ1n) is 9.91. The van der Waals surface area contributed by atoms with Gasteiger partial charge in [0.1, 0.15) is 28.7 Å². The van der Waals surface area contributed by atoms with Crippen LogP contribution in [0.4, 0.5) is 13.2 Å². The number of nitrogens with one attached hydrogen (secondary N) is 3. The lowest BCUT2D eigenvalue weighted by Gasteiger charge is -2.20. The molecule has 0 radical (unpaired) electrons. The molecule has 1 aliphatic heterocycles. The van der Waals surface area contributed by atoms with E-state index in [1.807, 2.05) is 13.8 Å². The smallest absolute Gasteiger partial charge is 0.270 e. The van der Waals surface area contributed by atoms with Crippen LogP contribution >= 0.6 is 0 Å². The van der Waals surface area contributed by atoms with E-state index in [2.05, 4.69) is 16.1 Å². The molecule has 2 aliphatic rings. The Labute approximate surface area is 175 Å². The molecule has 1 aromatic carbocycles. The molecule has 1 aromatic heterocycles. The standard InChI is InChI=1S/C21H21F3N4O3/c1-9-12-5-13(12)10(2)27-28-8-15(19(29)6-18(28)21(31)26-9)20(30)25-7-14-16(23)3-11(22)4-17(14)24/h3-4,6,8-10,12-13,27H,5,7H2,1-2H3,(H,25,30)(H,26,31). The number of nitrogens with zero attached hydrogens (tertiary/aromatic N) is 1. The topological polar surface area (TPSA) is 92.2 Å². The average molecular weight is 434 g/mol. The summed E-state index contributed by atoms with van der Waals surface area (Å²) in [6.45, 7) is 3.29. The highest BCUT2D eigenvalue weighted by Gasteiger charge is 2.46. The predicted octanol–water partition coefficient (Wildman–Crippen LogP) is 1.90. The Bertz CT molecular complexity index is 1110. The van der Waals surface area contributed by atoms with E-state index < -0.39 is 46.8 Å². The van der Waals surface area contributed by atoms with E-state index in [0.717, 1.165) is 12.5 Å². The van der Waals surface area contributed by atoms with Crippen LogP contribution in [0.2, 0.25) is 0 Å². The second-order valence-corrected chi connectivity index (χ2v) is 8.08. The summed E-state index contributed by atoms with van der Waals surface area (Å²) < 4.78 is 42.0. The minimum Gasteiger partial charge on any atom is -0.348 e. The van der Waals surface area contributed by atoms with Gasteiger partial charge < -0.3 is 16.1 Å². The molecule has 1 fully saturated rings. The van der Waals surface area contributed by atoms with Crippen molar-refractivity contribution in [2.24, 2.45) is 11.8 Å². The molecule has 10 heteroatoms. The molecule has 164 valence electrons. The Morgan fingerprint density at radius 1 is 1.10 bits per heavy atom. The number of halogens is 3. The molecule has 1 saturated carbocycles. The van der Waals surface area contributed by atoms with Crippen LogP contribution in [0, 0.1) is 29.3 Å². The number of hydrogen-bond acceptors (Lipinski definition) is 4. The van der Waals surface area contributed by atoms with Crippen molar-refractivity contribution >= 4 is 11.8 Å². The third kappa shape index (κ3) is 4.01. The Kier molecular flexibility index (Phi) is 5.24. The molecular formula is C21H21F3N4O3. The first-order chi connectivity index (χ1) is 14.7. The molecule has 2 heterocycles. The number of amides is 2. The summed E-state index contributed by atoms with van der Waals surface area (Å²) in [5.41, 5.74) is 1.64. The lowest BCUT2D eigenvalue weighted by atomic mass is 10.1. The zero-order valence-electron chi connectivity index (χ0n) is 16.8. The van der Waals surface area contributed by atoms with E-state index >= 15 is 0 Å². The number of pyridine rings is 1. The predicted molar refractivity (Wildman–Crippen MR) is 106 cm³/mol. The van der Waals surface area contributed by atoms with Crippen molar-refractivity contribution in [3.63, 3.8) is 0 Å². The van der Waals surface area contributed by atoms with E-state index in [-0.39, 0.29) is 23.3 Å². The fourth-order valence-corrected chi connectivity index (χ4v) is 4.08. The van der Waals surface area contributed by atoms with E-state index in [9.17, 15) is 27.6 Å². The molecule has 4 rings (SSSR count).